The van der Waals surface area contributed by atoms with Crippen molar-refractivity contribution in [2.75, 3.05) is 11.4 Å². The van der Waals surface area contributed by atoms with Gasteiger partial charge in [-0.2, -0.15) is 5.26 Å². The van der Waals surface area contributed by atoms with E-state index in [0.717, 1.165) is 12.1 Å². The van der Waals surface area contributed by atoms with E-state index in [-0.39, 0.29) is 24.2 Å². The van der Waals surface area contributed by atoms with Gasteiger partial charge in [-0.25, -0.2) is 13.2 Å². The van der Waals surface area contributed by atoms with Gasteiger partial charge in [0.1, 0.15) is 11.5 Å². The number of rotatable bonds is 2. The van der Waals surface area contributed by atoms with Crippen molar-refractivity contribution in [2.45, 2.75) is 18.6 Å². The number of hydrogen-bond acceptors (Lipinski definition) is 3. The molecule has 0 bridgehead atoms. The molecule has 118 valence electrons. The second-order valence-electron chi connectivity index (χ2n) is 5.51. The van der Waals surface area contributed by atoms with E-state index in [1.54, 1.807) is 12.1 Å². The number of hydrogen-bond donors (Lipinski definition) is 1. The lowest BCUT2D eigenvalue weighted by molar-refractivity contribution is 0.194. The fourth-order valence-electron chi connectivity index (χ4n) is 3.00. The standard InChI is InChI=1S/C17H13F3N2O/c18-12-3-1-2-11(6-12)16-7-13(23)9-22(16)17-14(19)4-10(8-21)5-15(17)20/h1-6,13,16,23H,7,9H2/t13-,16-/m1/s1. The quantitative estimate of drug-likeness (QED) is 0.924. The molecule has 1 aliphatic heterocycles. The van der Waals surface area contributed by atoms with Crippen molar-refractivity contribution in [2.24, 2.45) is 0 Å². The van der Waals surface area contributed by atoms with Crippen LogP contribution in [0.3, 0.4) is 0 Å². The Morgan fingerprint density at radius 2 is 1.83 bits per heavy atom. The first-order valence-corrected chi connectivity index (χ1v) is 7.09. The molecule has 0 aliphatic carbocycles. The normalized spacial score (nSPS) is 20.6. The summed E-state index contributed by atoms with van der Waals surface area (Å²) in [7, 11) is 0. The summed E-state index contributed by atoms with van der Waals surface area (Å²) in [6, 6.07) is 8.78. The largest absolute Gasteiger partial charge is 0.391 e. The summed E-state index contributed by atoms with van der Waals surface area (Å²) >= 11 is 0. The van der Waals surface area contributed by atoms with Gasteiger partial charge in [0.25, 0.3) is 0 Å². The molecule has 1 aliphatic rings. The first-order valence-electron chi connectivity index (χ1n) is 7.09. The van der Waals surface area contributed by atoms with E-state index < -0.39 is 29.6 Å². The SMILES string of the molecule is N#Cc1cc(F)c(N2C[C@H](O)C[C@@H]2c2cccc(F)c2)c(F)c1. The molecular weight excluding hydrogens is 305 g/mol. The molecule has 0 amide bonds. The number of β-amino-alcohol motifs (C(OH)–C–C–N with tert-alkyl or cyclic N) is 1. The summed E-state index contributed by atoms with van der Waals surface area (Å²) in [5.74, 6) is -2.21. The lowest BCUT2D eigenvalue weighted by Crippen LogP contribution is -2.26. The van der Waals surface area contributed by atoms with E-state index >= 15 is 0 Å². The molecule has 0 unspecified atom stereocenters. The molecule has 1 fully saturated rings. The highest BCUT2D eigenvalue weighted by Crippen LogP contribution is 2.39. The van der Waals surface area contributed by atoms with Crippen LogP contribution in [-0.2, 0) is 0 Å². The van der Waals surface area contributed by atoms with Crippen molar-refractivity contribution in [1.82, 2.24) is 0 Å². The fourth-order valence-corrected chi connectivity index (χ4v) is 3.00. The van der Waals surface area contributed by atoms with Gasteiger partial charge in [0, 0.05) is 6.54 Å². The van der Waals surface area contributed by atoms with Gasteiger partial charge in [0.2, 0.25) is 0 Å². The molecule has 1 heterocycles. The summed E-state index contributed by atoms with van der Waals surface area (Å²) < 4.78 is 42.0. The highest BCUT2D eigenvalue weighted by Gasteiger charge is 2.35. The predicted octanol–water partition coefficient (Wildman–Crippen LogP) is 3.29. The Kier molecular flexibility index (Phi) is 3.97. The lowest BCUT2D eigenvalue weighted by Gasteiger charge is -2.27. The van der Waals surface area contributed by atoms with Crippen LogP contribution in [0.25, 0.3) is 0 Å². The van der Waals surface area contributed by atoms with E-state index in [1.807, 2.05) is 0 Å². The molecule has 2 atom stereocenters. The molecule has 2 aromatic carbocycles. The van der Waals surface area contributed by atoms with Crippen LogP contribution in [0.5, 0.6) is 0 Å². The molecule has 1 N–H and O–H groups in total. The number of nitrogens with zero attached hydrogens (tertiary/aromatic N) is 2. The van der Waals surface area contributed by atoms with Gasteiger partial charge in [-0.1, -0.05) is 12.1 Å². The van der Waals surface area contributed by atoms with Gasteiger partial charge in [0.15, 0.2) is 11.6 Å². The Hall–Kier alpha value is -2.52. The maximum absolute atomic E-state index is 14.3. The van der Waals surface area contributed by atoms with Gasteiger partial charge < -0.3 is 10.0 Å². The van der Waals surface area contributed by atoms with Crippen LogP contribution in [0.1, 0.15) is 23.6 Å². The number of aliphatic hydroxyl groups excluding tert-OH is 1. The summed E-state index contributed by atoms with van der Waals surface area (Å²) in [6.45, 7) is 0.0287. The summed E-state index contributed by atoms with van der Waals surface area (Å²) in [6.07, 6.45) is -0.541. The molecule has 2 aromatic rings. The van der Waals surface area contributed by atoms with Crippen LogP contribution < -0.4 is 4.90 Å². The van der Waals surface area contributed by atoms with Crippen LogP contribution in [0.4, 0.5) is 18.9 Å². The average molecular weight is 318 g/mol. The van der Waals surface area contributed by atoms with E-state index in [0.29, 0.717) is 5.56 Å². The molecule has 0 aromatic heterocycles. The molecule has 1 saturated heterocycles. The van der Waals surface area contributed by atoms with Gasteiger partial charge in [-0.15, -0.1) is 0 Å². The van der Waals surface area contributed by atoms with Crippen LogP contribution in [0.2, 0.25) is 0 Å². The van der Waals surface area contributed by atoms with Gasteiger partial charge >= 0.3 is 0 Å². The fraction of sp³-hybridized carbons (Fsp3) is 0.235. The van der Waals surface area contributed by atoms with Crippen molar-refractivity contribution >= 4 is 5.69 Å². The summed E-state index contributed by atoms with van der Waals surface area (Å²) in [5, 5.41) is 18.7. The number of nitriles is 1. The molecule has 0 saturated carbocycles. The second-order valence-corrected chi connectivity index (χ2v) is 5.51. The van der Waals surface area contributed by atoms with E-state index in [2.05, 4.69) is 0 Å². The Labute approximate surface area is 131 Å². The molecule has 23 heavy (non-hydrogen) atoms. The third-order valence-electron chi connectivity index (χ3n) is 3.95. The Morgan fingerprint density at radius 1 is 1.13 bits per heavy atom. The van der Waals surface area contributed by atoms with E-state index in [4.69, 9.17) is 5.26 Å². The summed E-state index contributed by atoms with van der Waals surface area (Å²) in [5.41, 5.74) is 0.102. The first-order chi connectivity index (χ1) is 11.0. The molecular formula is C17H13F3N2O. The predicted molar refractivity (Wildman–Crippen MR) is 78.2 cm³/mol. The van der Waals surface area contributed by atoms with Gasteiger partial charge in [-0.3, -0.25) is 0 Å². The summed E-state index contributed by atoms with van der Waals surface area (Å²) in [4.78, 5) is 1.38. The van der Waals surface area contributed by atoms with Crippen molar-refractivity contribution in [1.29, 1.82) is 5.26 Å². The zero-order chi connectivity index (χ0) is 16.6. The zero-order valence-corrected chi connectivity index (χ0v) is 12.0. The number of aliphatic hydroxyl groups is 1. The molecule has 3 rings (SSSR count). The smallest absolute Gasteiger partial charge is 0.150 e. The minimum absolute atomic E-state index is 0.0287. The average Bonchev–Trinajstić information content (AvgIpc) is 2.88. The van der Waals surface area contributed by atoms with Crippen molar-refractivity contribution < 1.29 is 18.3 Å². The van der Waals surface area contributed by atoms with Gasteiger partial charge in [-0.05, 0) is 36.2 Å². The number of anilines is 1. The Balaban J connectivity index is 2.06. The molecule has 0 spiro atoms. The maximum Gasteiger partial charge on any atom is 0.150 e. The van der Waals surface area contributed by atoms with Gasteiger partial charge in [0.05, 0.1) is 23.8 Å². The van der Waals surface area contributed by atoms with Crippen LogP contribution in [0, 0.1) is 28.8 Å². The van der Waals surface area contributed by atoms with E-state index in [1.165, 1.54) is 23.1 Å². The number of benzene rings is 2. The Morgan fingerprint density at radius 3 is 2.43 bits per heavy atom. The number of halogens is 3. The molecule has 0 radical (unpaired) electrons. The molecule has 3 nitrogen and oxygen atoms in total. The minimum atomic E-state index is -0.878. The Bertz CT molecular complexity index is 765. The third kappa shape index (κ3) is 2.88. The van der Waals surface area contributed by atoms with Crippen molar-refractivity contribution in [3.05, 3.63) is 65.0 Å². The highest BCUT2D eigenvalue weighted by molar-refractivity contribution is 5.55. The second kappa shape index (κ2) is 5.94. The topological polar surface area (TPSA) is 47.3 Å². The van der Waals surface area contributed by atoms with Crippen LogP contribution in [-0.4, -0.2) is 17.8 Å². The van der Waals surface area contributed by atoms with Crippen molar-refractivity contribution in [3.8, 4) is 6.07 Å². The van der Waals surface area contributed by atoms with Crippen molar-refractivity contribution in [3.63, 3.8) is 0 Å². The maximum atomic E-state index is 14.3. The van der Waals surface area contributed by atoms with Crippen LogP contribution >= 0.6 is 0 Å². The zero-order valence-electron chi connectivity index (χ0n) is 12.0. The monoisotopic (exact) mass is 318 g/mol. The minimum Gasteiger partial charge on any atom is -0.391 e. The molecule has 6 heteroatoms. The highest BCUT2D eigenvalue weighted by atomic mass is 19.1. The first kappa shape index (κ1) is 15.4. The third-order valence-corrected chi connectivity index (χ3v) is 3.95. The van der Waals surface area contributed by atoms with E-state index in [9.17, 15) is 18.3 Å². The van der Waals surface area contributed by atoms with Crippen LogP contribution in [0.15, 0.2) is 36.4 Å². The lowest BCUT2D eigenvalue weighted by atomic mass is 10.0.